The Kier molecular flexibility index (Phi) is 3.70. The molecule has 2 fully saturated rings. The van der Waals surface area contributed by atoms with Gasteiger partial charge in [-0.3, -0.25) is 0 Å². The van der Waals surface area contributed by atoms with E-state index in [4.69, 9.17) is 0 Å². The molecule has 2 aliphatic rings. The molecular formula is C13H21NO3S. The van der Waals surface area contributed by atoms with E-state index in [-0.39, 0.29) is 17.4 Å². The van der Waals surface area contributed by atoms with Crippen molar-refractivity contribution in [2.45, 2.75) is 45.1 Å². The van der Waals surface area contributed by atoms with Crippen molar-refractivity contribution in [1.82, 2.24) is 0 Å². The number of sulfone groups is 1. The third-order valence-electron chi connectivity index (χ3n) is 4.83. The average Bonchev–Trinajstić information content (AvgIpc) is 2.63. The molecule has 0 aromatic carbocycles. The second-order valence-corrected chi connectivity index (χ2v) is 8.02. The zero-order chi connectivity index (χ0) is 13.4. The topological polar surface area (TPSA) is 78.2 Å². The summed E-state index contributed by atoms with van der Waals surface area (Å²) in [6.45, 7) is 2.15. The summed E-state index contributed by atoms with van der Waals surface area (Å²) in [7, 11) is -3.16. The van der Waals surface area contributed by atoms with E-state index in [9.17, 15) is 18.8 Å². The van der Waals surface area contributed by atoms with Crippen molar-refractivity contribution in [2.24, 2.45) is 17.3 Å². The van der Waals surface area contributed by atoms with E-state index in [1.54, 1.807) is 0 Å². The molecule has 4 nitrogen and oxygen atoms in total. The number of hydrogen-bond donors (Lipinski definition) is 1. The second kappa shape index (κ2) is 4.82. The molecule has 0 aromatic rings. The Balaban J connectivity index is 2.18. The van der Waals surface area contributed by atoms with Crippen LogP contribution in [0.4, 0.5) is 0 Å². The van der Waals surface area contributed by atoms with Gasteiger partial charge < -0.3 is 5.11 Å². The Morgan fingerprint density at radius 2 is 1.94 bits per heavy atom. The molecule has 5 heteroatoms. The summed E-state index contributed by atoms with van der Waals surface area (Å²) in [5, 5.41) is 19.5. The molecule has 1 saturated carbocycles. The minimum absolute atomic E-state index is 0.0154. The first-order valence-corrected chi connectivity index (χ1v) is 8.54. The van der Waals surface area contributed by atoms with Gasteiger partial charge in [-0.2, -0.15) is 5.26 Å². The zero-order valence-corrected chi connectivity index (χ0v) is 11.6. The highest BCUT2D eigenvalue weighted by Crippen LogP contribution is 2.48. The van der Waals surface area contributed by atoms with Crippen molar-refractivity contribution in [1.29, 1.82) is 5.26 Å². The molecule has 0 aromatic heterocycles. The van der Waals surface area contributed by atoms with Crippen molar-refractivity contribution in [3.05, 3.63) is 0 Å². The highest BCUT2D eigenvalue weighted by Gasteiger charge is 2.51. The van der Waals surface area contributed by atoms with Gasteiger partial charge in [0.15, 0.2) is 9.84 Å². The molecule has 18 heavy (non-hydrogen) atoms. The van der Waals surface area contributed by atoms with Crippen LogP contribution >= 0.6 is 0 Å². The fourth-order valence-electron chi connectivity index (χ4n) is 3.52. The van der Waals surface area contributed by atoms with Gasteiger partial charge in [0, 0.05) is 5.92 Å². The van der Waals surface area contributed by atoms with Crippen LogP contribution in [0.2, 0.25) is 0 Å². The average molecular weight is 271 g/mol. The van der Waals surface area contributed by atoms with Crippen LogP contribution in [0.5, 0.6) is 0 Å². The van der Waals surface area contributed by atoms with Crippen molar-refractivity contribution in [3.8, 4) is 6.07 Å². The first-order valence-electron chi connectivity index (χ1n) is 6.72. The lowest BCUT2D eigenvalue weighted by molar-refractivity contribution is 0.0491. The summed E-state index contributed by atoms with van der Waals surface area (Å²) in [5.41, 5.74) is -0.616. The van der Waals surface area contributed by atoms with Gasteiger partial charge in [-0.15, -0.1) is 0 Å². The van der Waals surface area contributed by atoms with Crippen LogP contribution in [0.3, 0.4) is 0 Å². The quantitative estimate of drug-likeness (QED) is 0.825. The van der Waals surface area contributed by atoms with E-state index < -0.39 is 21.4 Å². The fourth-order valence-corrected chi connectivity index (χ4v) is 5.50. The summed E-state index contributed by atoms with van der Waals surface area (Å²) < 4.78 is 23.2. The molecule has 0 spiro atoms. The Morgan fingerprint density at radius 1 is 1.33 bits per heavy atom. The van der Waals surface area contributed by atoms with Gasteiger partial charge in [-0.05, 0) is 31.6 Å². The van der Waals surface area contributed by atoms with E-state index in [0.717, 1.165) is 32.1 Å². The summed E-state index contributed by atoms with van der Waals surface area (Å²) in [5.74, 6) is 0.0866. The molecule has 1 aliphatic heterocycles. The fraction of sp³-hybridized carbons (Fsp3) is 0.923. The lowest BCUT2D eigenvalue weighted by atomic mass is 9.63. The molecule has 1 heterocycles. The summed E-state index contributed by atoms with van der Waals surface area (Å²) in [6.07, 6.45) is 3.69. The second-order valence-electron chi connectivity index (χ2n) is 5.87. The first kappa shape index (κ1) is 13.8. The van der Waals surface area contributed by atoms with Gasteiger partial charge in [0.25, 0.3) is 0 Å². The minimum Gasteiger partial charge on any atom is -0.392 e. The number of rotatable bonds is 2. The molecule has 2 rings (SSSR count). The van der Waals surface area contributed by atoms with E-state index in [1.807, 2.05) is 0 Å². The molecule has 2 atom stereocenters. The molecule has 0 bridgehead atoms. The van der Waals surface area contributed by atoms with Gasteiger partial charge in [-0.25, -0.2) is 8.42 Å². The highest BCUT2D eigenvalue weighted by molar-refractivity contribution is 7.91. The van der Waals surface area contributed by atoms with Crippen LogP contribution in [0.25, 0.3) is 0 Å². The molecule has 0 radical (unpaired) electrons. The van der Waals surface area contributed by atoms with E-state index in [0.29, 0.717) is 5.92 Å². The molecule has 1 saturated heterocycles. The molecule has 0 amide bonds. The lowest BCUT2D eigenvalue weighted by Gasteiger charge is -2.39. The monoisotopic (exact) mass is 271 g/mol. The smallest absolute Gasteiger partial charge is 0.153 e. The largest absolute Gasteiger partial charge is 0.392 e. The third kappa shape index (κ3) is 2.41. The van der Waals surface area contributed by atoms with Crippen LogP contribution < -0.4 is 0 Å². The normalized spacial score (nSPS) is 43.5. The van der Waals surface area contributed by atoms with E-state index in [1.165, 1.54) is 0 Å². The van der Waals surface area contributed by atoms with Gasteiger partial charge >= 0.3 is 0 Å². The predicted octanol–water partition coefficient (Wildman–Crippen LogP) is 1.50. The highest BCUT2D eigenvalue weighted by atomic mass is 32.2. The van der Waals surface area contributed by atoms with Crippen molar-refractivity contribution >= 4 is 9.84 Å². The number of hydrogen-bond acceptors (Lipinski definition) is 4. The number of aliphatic hydroxyl groups is 1. The standard InChI is InChI=1S/C13H21NO3S/c1-2-10-3-5-13(9-14,6-4-10)11-7-18(16,17)8-12(11)15/h10-12,15H,2-8H2,1H3. The van der Waals surface area contributed by atoms with Crippen LogP contribution in [0, 0.1) is 28.6 Å². The van der Waals surface area contributed by atoms with E-state index in [2.05, 4.69) is 13.0 Å². The van der Waals surface area contributed by atoms with Gasteiger partial charge in [0.1, 0.15) is 0 Å². The Bertz CT molecular complexity index is 443. The predicted molar refractivity (Wildman–Crippen MR) is 68.4 cm³/mol. The Hall–Kier alpha value is -0.600. The van der Waals surface area contributed by atoms with Crippen LogP contribution in [0.1, 0.15) is 39.0 Å². The molecular weight excluding hydrogens is 250 g/mol. The molecule has 102 valence electrons. The lowest BCUT2D eigenvalue weighted by Crippen LogP contribution is -2.39. The van der Waals surface area contributed by atoms with Crippen molar-refractivity contribution in [2.75, 3.05) is 11.5 Å². The zero-order valence-electron chi connectivity index (χ0n) is 10.8. The van der Waals surface area contributed by atoms with E-state index >= 15 is 0 Å². The van der Waals surface area contributed by atoms with Gasteiger partial charge in [-0.1, -0.05) is 13.3 Å². The summed E-state index contributed by atoms with van der Waals surface area (Å²) >= 11 is 0. The summed E-state index contributed by atoms with van der Waals surface area (Å²) in [6, 6.07) is 2.35. The molecule has 1 N–H and O–H groups in total. The minimum atomic E-state index is -3.16. The maximum Gasteiger partial charge on any atom is 0.153 e. The van der Waals surface area contributed by atoms with Crippen molar-refractivity contribution < 1.29 is 13.5 Å². The maximum absolute atomic E-state index is 11.6. The molecule has 1 aliphatic carbocycles. The first-order chi connectivity index (χ1) is 8.42. The number of nitrogens with zero attached hydrogens (tertiary/aromatic N) is 1. The molecule has 2 unspecified atom stereocenters. The van der Waals surface area contributed by atoms with Crippen LogP contribution in [0.15, 0.2) is 0 Å². The van der Waals surface area contributed by atoms with Crippen LogP contribution in [-0.2, 0) is 9.84 Å². The number of nitriles is 1. The SMILES string of the molecule is CCC1CCC(C#N)(C2CS(=O)(=O)CC2O)CC1. The Morgan fingerprint density at radius 3 is 2.33 bits per heavy atom. The maximum atomic E-state index is 11.6. The van der Waals surface area contributed by atoms with Crippen molar-refractivity contribution in [3.63, 3.8) is 0 Å². The summed E-state index contributed by atoms with van der Waals surface area (Å²) in [4.78, 5) is 0. The van der Waals surface area contributed by atoms with Gasteiger partial charge in [0.05, 0.1) is 29.1 Å². The van der Waals surface area contributed by atoms with Gasteiger partial charge in [0.2, 0.25) is 0 Å². The van der Waals surface area contributed by atoms with Crippen LogP contribution in [-0.4, -0.2) is 31.1 Å². The third-order valence-corrected chi connectivity index (χ3v) is 6.55. The number of aliphatic hydroxyl groups excluding tert-OH is 1. The Labute approximate surface area is 109 Å².